The number of rotatable bonds is 16. The Morgan fingerprint density at radius 1 is 0.705 bits per heavy atom. The van der Waals surface area contributed by atoms with Crippen molar-refractivity contribution in [2.45, 2.75) is 96.4 Å². The van der Waals surface area contributed by atoms with Gasteiger partial charge in [0.05, 0.1) is 24.3 Å². The maximum absolute atomic E-state index is 13.3. The summed E-state index contributed by atoms with van der Waals surface area (Å²) in [5.74, 6) is -1.43. The highest BCUT2D eigenvalue weighted by molar-refractivity contribution is 5.89. The summed E-state index contributed by atoms with van der Waals surface area (Å²) >= 11 is 0. The van der Waals surface area contributed by atoms with Gasteiger partial charge < -0.3 is 41.3 Å². The van der Waals surface area contributed by atoms with E-state index in [2.05, 4.69) is 21.3 Å². The second kappa shape index (κ2) is 17.7. The molecule has 0 spiro atoms. The Bertz CT molecular complexity index is 1160. The Morgan fingerprint density at radius 2 is 1.16 bits per heavy atom. The molecule has 0 radical (unpaired) electrons. The fourth-order valence-corrected chi connectivity index (χ4v) is 4.51. The Morgan fingerprint density at radius 3 is 1.57 bits per heavy atom. The Balaban J connectivity index is 2.11. The van der Waals surface area contributed by atoms with Gasteiger partial charge in [-0.3, -0.25) is 9.59 Å². The summed E-state index contributed by atoms with van der Waals surface area (Å²) in [5, 5.41) is 43.1. The minimum absolute atomic E-state index is 0.0196. The van der Waals surface area contributed by atoms with Gasteiger partial charge in [-0.2, -0.15) is 0 Å². The molecule has 0 aromatic heterocycles. The first kappa shape index (κ1) is 36.7. The monoisotopic (exact) mass is 614 g/mol. The first-order valence-electron chi connectivity index (χ1n) is 15.1. The second-order valence-corrected chi connectivity index (χ2v) is 12.4. The van der Waals surface area contributed by atoms with Crippen LogP contribution in [-0.4, -0.2) is 88.4 Å². The quantitative estimate of drug-likeness (QED) is 0.150. The van der Waals surface area contributed by atoms with Gasteiger partial charge in [0.1, 0.15) is 17.7 Å². The SMILES string of the molecule is CC(C)[C@H](NC(=O)[C@@H](C)O)C(=O)N[C@@H](Cc1ccccc1)[C@H](O)CNC[C@@H](O)[C@H](Cc1ccccc1)NC(=O)OC(C)(C)C. The van der Waals surface area contributed by atoms with Crippen LogP contribution in [-0.2, 0) is 27.2 Å². The summed E-state index contributed by atoms with van der Waals surface area (Å²) in [4.78, 5) is 37.9. The lowest BCUT2D eigenvalue weighted by Gasteiger charge is -2.30. The van der Waals surface area contributed by atoms with Gasteiger partial charge in [-0.25, -0.2) is 4.79 Å². The van der Waals surface area contributed by atoms with Gasteiger partial charge in [-0.15, -0.1) is 0 Å². The third kappa shape index (κ3) is 13.4. The number of nitrogens with one attached hydrogen (secondary N) is 4. The first-order chi connectivity index (χ1) is 20.7. The summed E-state index contributed by atoms with van der Waals surface area (Å²) in [6, 6.07) is 16.5. The van der Waals surface area contributed by atoms with Crippen LogP contribution < -0.4 is 21.3 Å². The Hall–Kier alpha value is -3.51. The number of amides is 3. The molecule has 2 rings (SSSR count). The van der Waals surface area contributed by atoms with Crippen LogP contribution in [0.2, 0.25) is 0 Å². The van der Waals surface area contributed by atoms with E-state index in [9.17, 15) is 29.7 Å². The van der Waals surface area contributed by atoms with Gasteiger partial charge in [0.25, 0.3) is 0 Å². The first-order valence-corrected chi connectivity index (χ1v) is 15.1. The highest BCUT2D eigenvalue weighted by Crippen LogP contribution is 2.12. The van der Waals surface area contributed by atoms with Gasteiger partial charge in [0.15, 0.2) is 0 Å². The average molecular weight is 615 g/mol. The van der Waals surface area contributed by atoms with Crippen LogP contribution in [0.15, 0.2) is 60.7 Å². The number of alkyl carbamates (subject to hydrolysis) is 1. The number of benzene rings is 2. The summed E-state index contributed by atoms with van der Waals surface area (Å²) in [6.07, 6.45) is -3.36. The van der Waals surface area contributed by atoms with E-state index in [0.29, 0.717) is 12.8 Å². The molecule has 0 bridgehead atoms. The van der Waals surface area contributed by atoms with Crippen LogP contribution in [0.1, 0.15) is 52.7 Å². The molecule has 0 fully saturated rings. The minimum atomic E-state index is -1.28. The average Bonchev–Trinajstić information content (AvgIpc) is 2.94. The molecule has 11 heteroatoms. The van der Waals surface area contributed by atoms with E-state index in [4.69, 9.17) is 4.74 Å². The van der Waals surface area contributed by atoms with E-state index in [0.717, 1.165) is 11.1 Å². The molecule has 0 unspecified atom stereocenters. The molecule has 44 heavy (non-hydrogen) atoms. The van der Waals surface area contributed by atoms with Crippen molar-refractivity contribution in [2.24, 2.45) is 5.92 Å². The molecular weight excluding hydrogens is 564 g/mol. The van der Waals surface area contributed by atoms with Crippen molar-refractivity contribution in [1.29, 1.82) is 0 Å². The summed E-state index contributed by atoms with van der Waals surface area (Å²) in [7, 11) is 0. The van der Waals surface area contributed by atoms with Crippen LogP contribution in [0.5, 0.6) is 0 Å². The van der Waals surface area contributed by atoms with Crippen molar-refractivity contribution in [3.63, 3.8) is 0 Å². The predicted molar refractivity (Wildman–Crippen MR) is 169 cm³/mol. The molecule has 6 atom stereocenters. The van der Waals surface area contributed by atoms with Crippen LogP contribution in [0.25, 0.3) is 0 Å². The highest BCUT2D eigenvalue weighted by atomic mass is 16.6. The van der Waals surface area contributed by atoms with Crippen molar-refractivity contribution < 1.29 is 34.4 Å². The molecule has 244 valence electrons. The molecule has 0 aliphatic rings. The molecule has 7 N–H and O–H groups in total. The molecule has 0 saturated carbocycles. The van der Waals surface area contributed by atoms with Crippen molar-refractivity contribution in [3.05, 3.63) is 71.8 Å². The lowest BCUT2D eigenvalue weighted by Crippen LogP contribution is -2.57. The number of hydrogen-bond donors (Lipinski definition) is 7. The number of carbonyl (C=O) groups is 3. The third-order valence-electron chi connectivity index (χ3n) is 6.89. The van der Waals surface area contributed by atoms with Gasteiger partial charge in [-0.05, 0) is 57.6 Å². The van der Waals surface area contributed by atoms with Crippen LogP contribution in [0, 0.1) is 5.92 Å². The number of aliphatic hydroxyl groups excluding tert-OH is 3. The van der Waals surface area contributed by atoms with Gasteiger partial charge >= 0.3 is 6.09 Å². The topological polar surface area (TPSA) is 169 Å². The standard InChI is InChI=1S/C33H50N4O7/c1-21(2)29(37-30(41)22(3)38)31(42)35-25(17-23-13-9-7-10-14-23)27(39)19-34-20-28(40)26(18-24-15-11-8-12-16-24)36-32(43)44-33(4,5)6/h7-16,21-22,25-29,34,38-40H,17-20H2,1-6H3,(H,35,42)(H,36,43)(H,37,41)/t22-,25+,26+,27-,28-,29+/m1/s1. The lowest BCUT2D eigenvalue weighted by molar-refractivity contribution is -0.134. The van der Waals surface area contributed by atoms with Crippen molar-refractivity contribution >= 4 is 17.9 Å². The van der Waals surface area contributed by atoms with E-state index in [1.165, 1.54) is 6.92 Å². The molecule has 0 aliphatic carbocycles. The molecule has 0 aliphatic heterocycles. The molecule has 0 heterocycles. The van der Waals surface area contributed by atoms with Gasteiger partial charge in [-0.1, -0.05) is 74.5 Å². The Labute approximate surface area is 260 Å². The van der Waals surface area contributed by atoms with Gasteiger partial charge in [0.2, 0.25) is 11.8 Å². The highest BCUT2D eigenvalue weighted by Gasteiger charge is 2.30. The van der Waals surface area contributed by atoms with E-state index in [1.807, 2.05) is 60.7 Å². The number of carbonyl (C=O) groups excluding carboxylic acids is 3. The predicted octanol–water partition coefficient (Wildman–Crippen LogP) is 1.68. The fourth-order valence-electron chi connectivity index (χ4n) is 4.51. The zero-order valence-corrected chi connectivity index (χ0v) is 26.6. The van der Waals surface area contributed by atoms with E-state index in [-0.39, 0.29) is 19.0 Å². The molecule has 2 aromatic rings. The fraction of sp³-hybridized carbons (Fsp3) is 0.545. The molecule has 2 aromatic carbocycles. The third-order valence-corrected chi connectivity index (χ3v) is 6.89. The van der Waals surface area contributed by atoms with Gasteiger partial charge in [0, 0.05) is 13.1 Å². The smallest absolute Gasteiger partial charge is 0.407 e. The lowest BCUT2D eigenvalue weighted by atomic mass is 9.98. The molecule has 11 nitrogen and oxygen atoms in total. The number of ether oxygens (including phenoxy) is 1. The van der Waals surface area contributed by atoms with Crippen LogP contribution in [0.4, 0.5) is 4.79 Å². The van der Waals surface area contributed by atoms with E-state index < -0.39 is 59.9 Å². The number of aliphatic hydroxyl groups is 3. The normalized spacial score (nSPS) is 15.8. The molecule has 3 amide bonds. The summed E-state index contributed by atoms with van der Waals surface area (Å²) < 4.78 is 5.39. The van der Waals surface area contributed by atoms with E-state index in [1.54, 1.807) is 34.6 Å². The maximum Gasteiger partial charge on any atom is 0.407 e. The molecular formula is C33H50N4O7. The van der Waals surface area contributed by atoms with Crippen molar-refractivity contribution in [1.82, 2.24) is 21.3 Å². The zero-order valence-electron chi connectivity index (χ0n) is 26.6. The zero-order chi connectivity index (χ0) is 32.9. The number of hydrogen-bond acceptors (Lipinski definition) is 8. The van der Waals surface area contributed by atoms with Crippen molar-refractivity contribution in [2.75, 3.05) is 13.1 Å². The van der Waals surface area contributed by atoms with Crippen molar-refractivity contribution in [3.8, 4) is 0 Å². The van der Waals surface area contributed by atoms with Crippen LogP contribution in [0.3, 0.4) is 0 Å². The molecule has 0 saturated heterocycles. The van der Waals surface area contributed by atoms with Crippen LogP contribution >= 0.6 is 0 Å². The maximum atomic E-state index is 13.3. The van der Waals surface area contributed by atoms with E-state index >= 15 is 0 Å². The minimum Gasteiger partial charge on any atom is -0.444 e. The summed E-state index contributed by atoms with van der Waals surface area (Å²) in [5.41, 5.74) is 1.09. The largest absolute Gasteiger partial charge is 0.444 e. The second-order valence-electron chi connectivity index (χ2n) is 12.4. The summed E-state index contributed by atoms with van der Waals surface area (Å²) in [6.45, 7) is 10.2. The Kier molecular flexibility index (Phi) is 14.8.